The van der Waals surface area contributed by atoms with Crippen molar-refractivity contribution in [2.45, 2.75) is 51.6 Å². The van der Waals surface area contributed by atoms with E-state index in [-0.39, 0.29) is 29.0 Å². The summed E-state index contributed by atoms with van der Waals surface area (Å²) >= 11 is 0. The Labute approximate surface area is 154 Å². The van der Waals surface area contributed by atoms with Gasteiger partial charge in [-0.2, -0.15) is 10.2 Å². The number of alkyl halides is 2. The van der Waals surface area contributed by atoms with Gasteiger partial charge in [-0.25, -0.2) is 18.3 Å². The predicted octanol–water partition coefficient (Wildman–Crippen LogP) is 3.25. The molecule has 27 heavy (non-hydrogen) atoms. The third-order valence-corrected chi connectivity index (χ3v) is 4.77. The van der Waals surface area contributed by atoms with E-state index in [2.05, 4.69) is 20.5 Å². The van der Waals surface area contributed by atoms with E-state index in [1.807, 2.05) is 19.9 Å². The molecule has 1 aliphatic carbocycles. The van der Waals surface area contributed by atoms with E-state index in [9.17, 15) is 13.6 Å². The molecule has 1 aliphatic rings. The summed E-state index contributed by atoms with van der Waals surface area (Å²) in [7, 11) is 0. The molecule has 0 aliphatic heterocycles. The third kappa shape index (κ3) is 3.29. The number of nitrogens with zero attached hydrogens (tertiary/aromatic N) is 5. The van der Waals surface area contributed by atoms with Crippen molar-refractivity contribution in [1.29, 1.82) is 0 Å². The Morgan fingerprint density at radius 1 is 1.33 bits per heavy atom. The van der Waals surface area contributed by atoms with Gasteiger partial charge in [0.25, 0.3) is 12.3 Å². The molecule has 142 valence electrons. The maximum absolute atomic E-state index is 13.5. The minimum Gasteiger partial charge on any atom is -0.343 e. The number of hydrogen-bond acceptors (Lipinski definition) is 4. The molecule has 4 rings (SSSR count). The monoisotopic (exact) mass is 374 g/mol. The summed E-state index contributed by atoms with van der Waals surface area (Å²) in [6.45, 7) is 4.48. The van der Waals surface area contributed by atoms with Crippen LogP contribution in [0.15, 0.2) is 24.4 Å². The van der Waals surface area contributed by atoms with Crippen molar-refractivity contribution in [2.75, 3.05) is 0 Å². The number of aryl methyl sites for hydroxylation is 1. The molecule has 1 unspecified atom stereocenters. The summed E-state index contributed by atoms with van der Waals surface area (Å²) in [5.74, 6) is -0.209. The number of aromatic nitrogens is 5. The first-order chi connectivity index (χ1) is 13.0. The Balaban J connectivity index is 1.63. The Hall–Kier alpha value is -2.84. The first kappa shape index (κ1) is 17.6. The third-order valence-electron chi connectivity index (χ3n) is 4.77. The number of nitrogens with one attached hydrogen (secondary N) is 1. The van der Waals surface area contributed by atoms with Gasteiger partial charge in [-0.1, -0.05) is 0 Å². The van der Waals surface area contributed by atoms with Crippen molar-refractivity contribution >= 4 is 11.6 Å². The summed E-state index contributed by atoms with van der Waals surface area (Å²) in [5, 5.41) is 11.1. The van der Waals surface area contributed by atoms with Crippen molar-refractivity contribution in [3.63, 3.8) is 0 Å². The number of amides is 1. The first-order valence-corrected chi connectivity index (χ1v) is 8.99. The van der Waals surface area contributed by atoms with Crippen LogP contribution in [-0.4, -0.2) is 30.3 Å². The second kappa shape index (κ2) is 6.71. The molecule has 1 amide bonds. The molecule has 0 saturated heterocycles. The molecule has 0 radical (unpaired) electrons. The van der Waals surface area contributed by atoms with Gasteiger partial charge in [-0.05, 0) is 38.8 Å². The lowest BCUT2D eigenvalue weighted by Gasteiger charge is -2.14. The van der Waals surface area contributed by atoms with Gasteiger partial charge < -0.3 is 5.32 Å². The minimum atomic E-state index is -2.69. The highest BCUT2D eigenvalue weighted by atomic mass is 19.3. The van der Waals surface area contributed by atoms with Gasteiger partial charge in [0.1, 0.15) is 5.69 Å². The quantitative estimate of drug-likeness (QED) is 0.719. The van der Waals surface area contributed by atoms with Crippen LogP contribution < -0.4 is 5.32 Å². The maximum atomic E-state index is 13.5. The van der Waals surface area contributed by atoms with E-state index in [4.69, 9.17) is 0 Å². The molecule has 3 aromatic heterocycles. The lowest BCUT2D eigenvalue weighted by Crippen LogP contribution is -2.28. The molecule has 3 aromatic rings. The average Bonchev–Trinajstić information content (AvgIpc) is 3.22. The Kier molecular flexibility index (Phi) is 4.37. The normalized spacial score (nSPS) is 15.4. The van der Waals surface area contributed by atoms with Gasteiger partial charge in [0.2, 0.25) is 0 Å². The topological polar surface area (TPSA) is 77.1 Å². The van der Waals surface area contributed by atoms with Crippen molar-refractivity contribution in [2.24, 2.45) is 0 Å². The number of halogens is 2. The zero-order chi connectivity index (χ0) is 19.1. The summed E-state index contributed by atoms with van der Waals surface area (Å²) in [6.07, 6.45) is 0.887. The van der Waals surface area contributed by atoms with Gasteiger partial charge >= 0.3 is 0 Å². The molecule has 0 bridgehead atoms. The van der Waals surface area contributed by atoms with Crippen LogP contribution in [0.25, 0.3) is 5.65 Å². The molecule has 1 N–H and O–H groups in total. The summed E-state index contributed by atoms with van der Waals surface area (Å²) in [4.78, 5) is 17.0. The lowest BCUT2D eigenvalue weighted by molar-refractivity contribution is 0.0932. The van der Waals surface area contributed by atoms with Crippen molar-refractivity contribution < 1.29 is 13.6 Å². The molecule has 0 spiro atoms. The molecule has 9 heteroatoms. The van der Waals surface area contributed by atoms with Crippen molar-refractivity contribution in [3.8, 4) is 0 Å². The van der Waals surface area contributed by atoms with Gasteiger partial charge in [0.05, 0.1) is 11.7 Å². The van der Waals surface area contributed by atoms with Gasteiger partial charge in [0, 0.05) is 30.4 Å². The van der Waals surface area contributed by atoms with E-state index in [1.165, 1.54) is 12.1 Å². The predicted molar refractivity (Wildman–Crippen MR) is 93.7 cm³/mol. The Morgan fingerprint density at radius 2 is 2.11 bits per heavy atom. The van der Waals surface area contributed by atoms with Crippen LogP contribution in [0.2, 0.25) is 0 Å². The second-order valence-electron chi connectivity index (χ2n) is 6.75. The summed E-state index contributed by atoms with van der Waals surface area (Å²) in [6, 6.07) is 4.38. The second-order valence-corrected chi connectivity index (χ2v) is 6.75. The SMILES string of the molecule is CCn1nccc1C(C)NC(=O)c1cc2nc(C3CC3)cc(C(F)F)n2n1. The molecule has 1 fully saturated rings. The van der Waals surface area contributed by atoms with E-state index in [1.54, 1.807) is 10.9 Å². The maximum Gasteiger partial charge on any atom is 0.280 e. The highest BCUT2D eigenvalue weighted by Crippen LogP contribution is 2.40. The smallest absolute Gasteiger partial charge is 0.280 e. The molecule has 3 heterocycles. The van der Waals surface area contributed by atoms with E-state index < -0.39 is 12.3 Å². The van der Waals surface area contributed by atoms with Crippen LogP contribution in [0.5, 0.6) is 0 Å². The van der Waals surface area contributed by atoms with E-state index in [0.717, 1.165) is 23.1 Å². The van der Waals surface area contributed by atoms with Crippen LogP contribution >= 0.6 is 0 Å². The minimum absolute atomic E-state index is 0.0618. The fourth-order valence-corrected chi connectivity index (χ4v) is 3.19. The van der Waals surface area contributed by atoms with Gasteiger partial charge in [0.15, 0.2) is 11.3 Å². The zero-order valence-electron chi connectivity index (χ0n) is 15.1. The molecule has 0 aromatic carbocycles. The fourth-order valence-electron chi connectivity index (χ4n) is 3.19. The number of carbonyl (C=O) groups is 1. The fraction of sp³-hybridized carbons (Fsp3) is 0.444. The number of carbonyl (C=O) groups excluding carboxylic acids is 1. The highest BCUT2D eigenvalue weighted by molar-refractivity contribution is 5.93. The van der Waals surface area contributed by atoms with Gasteiger partial charge in [-0.15, -0.1) is 0 Å². The van der Waals surface area contributed by atoms with Crippen LogP contribution in [-0.2, 0) is 6.54 Å². The van der Waals surface area contributed by atoms with Crippen molar-refractivity contribution in [3.05, 3.63) is 47.2 Å². The molecular weight excluding hydrogens is 354 g/mol. The standard InChI is InChI=1S/C18H20F2N6O/c1-3-25-14(6-7-21-25)10(2)22-18(27)13-9-16-23-12(11-4-5-11)8-15(17(19)20)26(16)24-13/h6-11,17H,3-5H2,1-2H3,(H,22,27). The summed E-state index contributed by atoms with van der Waals surface area (Å²) in [5.41, 5.74) is 1.60. The van der Waals surface area contributed by atoms with Crippen LogP contribution in [0, 0.1) is 0 Å². The number of hydrogen-bond donors (Lipinski definition) is 1. The van der Waals surface area contributed by atoms with Crippen LogP contribution in [0.4, 0.5) is 8.78 Å². The summed E-state index contributed by atoms with van der Waals surface area (Å²) < 4.78 is 29.7. The highest BCUT2D eigenvalue weighted by Gasteiger charge is 2.28. The molecule has 1 saturated carbocycles. The van der Waals surface area contributed by atoms with Gasteiger partial charge in [-0.3, -0.25) is 9.48 Å². The lowest BCUT2D eigenvalue weighted by atomic mass is 10.2. The van der Waals surface area contributed by atoms with Crippen LogP contribution in [0.1, 0.15) is 72.6 Å². The number of fused-ring (bicyclic) bond motifs is 1. The zero-order valence-corrected chi connectivity index (χ0v) is 15.1. The van der Waals surface area contributed by atoms with Crippen molar-refractivity contribution in [1.82, 2.24) is 29.7 Å². The largest absolute Gasteiger partial charge is 0.343 e. The van der Waals surface area contributed by atoms with E-state index in [0.29, 0.717) is 12.2 Å². The van der Waals surface area contributed by atoms with E-state index >= 15 is 0 Å². The molecule has 1 atom stereocenters. The molecule has 7 nitrogen and oxygen atoms in total. The Bertz CT molecular complexity index is 991. The van der Waals surface area contributed by atoms with Crippen LogP contribution in [0.3, 0.4) is 0 Å². The Morgan fingerprint density at radius 3 is 2.78 bits per heavy atom. The molecular formula is C18H20F2N6O. The first-order valence-electron chi connectivity index (χ1n) is 8.99. The number of rotatable bonds is 6. The average molecular weight is 374 g/mol.